The van der Waals surface area contributed by atoms with Gasteiger partial charge < -0.3 is 39.4 Å². The molecule has 0 amide bonds. The zero-order valence-electron chi connectivity index (χ0n) is 17.8. The maximum Gasteiger partial charge on any atom is 0.335 e. The fourth-order valence-electron chi connectivity index (χ4n) is 3.96. The van der Waals surface area contributed by atoms with Crippen molar-refractivity contribution in [1.29, 1.82) is 0 Å². The van der Waals surface area contributed by atoms with Gasteiger partial charge in [0.1, 0.15) is 35.8 Å². The first-order chi connectivity index (χ1) is 16.1. The van der Waals surface area contributed by atoms with Gasteiger partial charge in [0.15, 0.2) is 11.9 Å². The standard InChI is InChI=1S/C23H22Br2O9/c1-2-13-15(10-5-3-4-6-14(10)32-13)16(26)9-7-11(24)20(12(25)8-9)33-23-19(29)17(27)18(28)21(34-23)22(30)31/h3-8,16-19,21,23,26-29H,2H2,1H3,(H,30,31). The van der Waals surface area contributed by atoms with Crippen LogP contribution in [0.25, 0.3) is 11.0 Å². The van der Waals surface area contributed by atoms with E-state index < -0.39 is 42.8 Å². The van der Waals surface area contributed by atoms with Crippen LogP contribution in [0.4, 0.5) is 0 Å². The molecule has 4 rings (SSSR count). The molecule has 0 radical (unpaired) electrons. The highest BCUT2D eigenvalue weighted by atomic mass is 79.9. The van der Waals surface area contributed by atoms with Crippen molar-refractivity contribution in [2.24, 2.45) is 0 Å². The highest BCUT2D eigenvalue weighted by Crippen LogP contribution is 2.41. The van der Waals surface area contributed by atoms with Gasteiger partial charge in [0.25, 0.3) is 0 Å². The number of rotatable bonds is 6. The number of aliphatic hydroxyl groups excluding tert-OH is 4. The van der Waals surface area contributed by atoms with Gasteiger partial charge in [-0.05, 0) is 55.6 Å². The molecule has 2 heterocycles. The molecule has 0 aliphatic carbocycles. The minimum atomic E-state index is -1.82. The Balaban J connectivity index is 1.65. The van der Waals surface area contributed by atoms with Gasteiger partial charge in [-0.15, -0.1) is 0 Å². The molecule has 1 fully saturated rings. The summed E-state index contributed by atoms with van der Waals surface area (Å²) in [6.07, 6.45) is -9.13. The summed E-state index contributed by atoms with van der Waals surface area (Å²) in [6, 6.07) is 10.6. The number of aliphatic carboxylic acids is 1. The van der Waals surface area contributed by atoms with E-state index in [1.807, 2.05) is 31.2 Å². The fraction of sp³-hybridized carbons (Fsp3) is 0.348. The van der Waals surface area contributed by atoms with Gasteiger partial charge in [0.2, 0.25) is 6.29 Å². The summed E-state index contributed by atoms with van der Waals surface area (Å²) in [7, 11) is 0. The number of hydrogen-bond donors (Lipinski definition) is 5. The Bertz CT molecular complexity index is 1190. The number of halogens is 2. The molecule has 0 bridgehead atoms. The van der Waals surface area contributed by atoms with Crippen molar-refractivity contribution in [3.05, 3.63) is 62.2 Å². The first kappa shape index (κ1) is 25.1. The molecular formula is C23H22Br2O9. The molecule has 0 spiro atoms. The number of benzene rings is 2. The van der Waals surface area contributed by atoms with Crippen LogP contribution in [-0.2, 0) is 16.0 Å². The number of carbonyl (C=O) groups is 1. The van der Waals surface area contributed by atoms with Crippen LogP contribution >= 0.6 is 31.9 Å². The summed E-state index contributed by atoms with van der Waals surface area (Å²) < 4.78 is 17.5. The third-order valence-corrected chi connectivity index (χ3v) is 6.87. The zero-order valence-corrected chi connectivity index (χ0v) is 20.9. The lowest BCUT2D eigenvalue weighted by atomic mass is 9.97. The van der Waals surface area contributed by atoms with Crippen molar-refractivity contribution >= 4 is 48.8 Å². The minimum Gasteiger partial charge on any atom is -0.479 e. The minimum absolute atomic E-state index is 0.139. The van der Waals surface area contributed by atoms with E-state index in [2.05, 4.69) is 31.9 Å². The van der Waals surface area contributed by atoms with E-state index >= 15 is 0 Å². The van der Waals surface area contributed by atoms with Gasteiger partial charge in [-0.2, -0.15) is 0 Å². The van der Waals surface area contributed by atoms with Crippen LogP contribution in [0.1, 0.15) is 29.9 Å². The zero-order chi connectivity index (χ0) is 24.7. The third kappa shape index (κ3) is 4.49. The Hall–Kier alpha value is -1.99. The normalized spacial score (nSPS) is 25.9. The van der Waals surface area contributed by atoms with Gasteiger partial charge in [0, 0.05) is 17.4 Å². The quantitative estimate of drug-likeness (QED) is 0.287. The molecule has 1 saturated heterocycles. The predicted molar refractivity (Wildman–Crippen MR) is 126 cm³/mol. The molecule has 3 aromatic rings. The van der Waals surface area contributed by atoms with Crippen LogP contribution in [0.2, 0.25) is 0 Å². The molecular weight excluding hydrogens is 580 g/mol. The molecule has 34 heavy (non-hydrogen) atoms. The van der Waals surface area contributed by atoms with Crippen molar-refractivity contribution in [2.45, 2.75) is 50.2 Å². The Morgan fingerprint density at radius 2 is 1.74 bits per heavy atom. The summed E-state index contributed by atoms with van der Waals surface area (Å²) in [5.74, 6) is -0.713. The molecule has 6 unspecified atom stereocenters. The summed E-state index contributed by atoms with van der Waals surface area (Å²) in [5.41, 5.74) is 1.83. The SMILES string of the molecule is CCc1oc2ccccc2c1C(O)c1cc(Br)c(OC2OC(C(=O)O)C(O)C(O)C2O)c(Br)c1. The Labute approximate surface area is 210 Å². The molecule has 0 saturated carbocycles. The fourth-order valence-corrected chi connectivity index (χ4v) is 5.37. The van der Waals surface area contributed by atoms with E-state index in [0.29, 0.717) is 37.8 Å². The first-order valence-electron chi connectivity index (χ1n) is 10.4. The van der Waals surface area contributed by atoms with Crippen molar-refractivity contribution < 1.29 is 44.2 Å². The summed E-state index contributed by atoms with van der Waals surface area (Å²) in [6.45, 7) is 1.93. The number of furan rings is 1. The second-order valence-electron chi connectivity index (χ2n) is 7.86. The number of para-hydroxylation sites is 1. The lowest BCUT2D eigenvalue weighted by molar-refractivity contribution is -0.271. The van der Waals surface area contributed by atoms with Crippen molar-refractivity contribution in [1.82, 2.24) is 0 Å². The summed E-state index contributed by atoms with van der Waals surface area (Å²) in [4.78, 5) is 11.3. The van der Waals surface area contributed by atoms with Gasteiger partial charge in [-0.3, -0.25) is 0 Å². The van der Waals surface area contributed by atoms with Crippen LogP contribution < -0.4 is 4.74 Å². The highest BCUT2D eigenvalue weighted by molar-refractivity contribution is 9.11. The smallest absolute Gasteiger partial charge is 0.335 e. The summed E-state index contributed by atoms with van der Waals surface area (Å²) >= 11 is 6.76. The lowest BCUT2D eigenvalue weighted by Crippen LogP contribution is -2.61. The Morgan fingerprint density at radius 1 is 1.09 bits per heavy atom. The maximum absolute atomic E-state index is 11.3. The number of carboxylic acids is 1. The summed E-state index contributed by atoms with van der Waals surface area (Å²) in [5, 5.41) is 51.4. The van der Waals surface area contributed by atoms with Gasteiger partial charge in [0.05, 0.1) is 8.95 Å². The Morgan fingerprint density at radius 3 is 2.35 bits per heavy atom. The molecule has 1 aliphatic rings. The molecule has 9 nitrogen and oxygen atoms in total. The Kier molecular flexibility index (Phi) is 7.34. The molecule has 11 heteroatoms. The topological polar surface area (TPSA) is 150 Å². The van der Waals surface area contributed by atoms with Crippen LogP contribution in [0.5, 0.6) is 5.75 Å². The first-order valence-corrected chi connectivity index (χ1v) is 12.0. The number of carboxylic acid groups (broad SMARTS) is 1. The second kappa shape index (κ2) is 9.94. The predicted octanol–water partition coefficient (Wildman–Crippen LogP) is 2.87. The number of aliphatic hydroxyl groups is 4. The van der Waals surface area contributed by atoms with E-state index in [4.69, 9.17) is 13.9 Å². The van der Waals surface area contributed by atoms with E-state index in [-0.39, 0.29) is 5.75 Å². The van der Waals surface area contributed by atoms with Crippen molar-refractivity contribution in [3.63, 3.8) is 0 Å². The lowest BCUT2D eigenvalue weighted by Gasteiger charge is -2.38. The second-order valence-corrected chi connectivity index (χ2v) is 9.57. The molecule has 1 aliphatic heterocycles. The number of aryl methyl sites for hydroxylation is 1. The molecule has 2 aromatic carbocycles. The molecule has 6 atom stereocenters. The van der Waals surface area contributed by atoms with Gasteiger partial charge in [-0.25, -0.2) is 4.79 Å². The van der Waals surface area contributed by atoms with Crippen LogP contribution in [0.3, 0.4) is 0 Å². The number of fused-ring (bicyclic) bond motifs is 1. The van der Waals surface area contributed by atoms with E-state index in [1.165, 1.54) is 0 Å². The largest absolute Gasteiger partial charge is 0.479 e. The maximum atomic E-state index is 11.3. The highest BCUT2D eigenvalue weighted by Gasteiger charge is 2.48. The molecule has 1 aromatic heterocycles. The molecule has 5 N–H and O–H groups in total. The van der Waals surface area contributed by atoms with Crippen molar-refractivity contribution in [3.8, 4) is 5.75 Å². The number of hydrogen-bond acceptors (Lipinski definition) is 8. The van der Waals surface area contributed by atoms with E-state index in [0.717, 1.165) is 5.39 Å². The average molecular weight is 602 g/mol. The van der Waals surface area contributed by atoms with Gasteiger partial charge in [-0.1, -0.05) is 25.1 Å². The van der Waals surface area contributed by atoms with Crippen LogP contribution in [0, 0.1) is 0 Å². The monoisotopic (exact) mass is 600 g/mol. The van der Waals surface area contributed by atoms with Crippen molar-refractivity contribution in [2.75, 3.05) is 0 Å². The number of ether oxygens (including phenoxy) is 2. The van der Waals surface area contributed by atoms with E-state index in [1.54, 1.807) is 12.1 Å². The van der Waals surface area contributed by atoms with E-state index in [9.17, 15) is 30.3 Å². The average Bonchev–Trinajstić information content (AvgIpc) is 3.19. The van der Waals surface area contributed by atoms with Gasteiger partial charge >= 0.3 is 5.97 Å². The third-order valence-electron chi connectivity index (χ3n) is 5.69. The van der Waals surface area contributed by atoms with Crippen LogP contribution in [-0.4, -0.2) is 62.2 Å². The molecule has 182 valence electrons. The van der Waals surface area contributed by atoms with Crippen LogP contribution in [0.15, 0.2) is 49.8 Å².